The maximum absolute atomic E-state index is 13.9. The number of benzene rings is 3. The second-order valence-electron chi connectivity index (χ2n) is 8.13. The molecule has 9 heteroatoms. The number of amides is 2. The van der Waals surface area contributed by atoms with E-state index in [1.165, 1.54) is 6.07 Å². The average Bonchev–Trinajstić information content (AvgIpc) is 3.34. The molecule has 5 rings (SSSR count). The van der Waals surface area contributed by atoms with E-state index < -0.39 is 35.3 Å². The highest BCUT2D eigenvalue weighted by molar-refractivity contribution is 6.31. The molecule has 2 heterocycles. The quantitative estimate of drug-likeness (QED) is 0.398. The van der Waals surface area contributed by atoms with Crippen molar-refractivity contribution in [2.45, 2.75) is 25.0 Å². The minimum atomic E-state index is -1.78. The van der Waals surface area contributed by atoms with E-state index >= 15 is 0 Å². The van der Waals surface area contributed by atoms with Crippen molar-refractivity contribution >= 4 is 34.6 Å². The van der Waals surface area contributed by atoms with Gasteiger partial charge in [-0.05, 0) is 48.4 Å². The van der Waals surface area contributed by atoms with Gasteiger partial charge in [0, 0.05) is 11.4 Å². The van der Waals surface area contributed by atoms with E-state index in [2.05, 4.69) is 9.97 Å². The predicted molar refractivity (Wildman–Crippen MR) is 121 cm³/mol. The predicted octanol–water partition coefficient (Wildman–Crippen LogP) is 5.67. The molecule has 6 nitrogen and oxygen atoms in total. The standard InChI is InChI=1S/C25H18ClF2N3O3/c1-14(16-7-9-18(27)19(28)11-16)31-23(32)25(34-24(31)33,13-15-5-3-2-4-6-15)22-29-20-10-8-17(26)12-21(20)30-22/h2-12,14H,13H2,1H3,(H,29,30)/t14-,25-/m1/s1. The monoisotopic (exact) mass is 481 g/mol. The van der Waals surface area contributed by atoms with E-state index in [0.717, 1.165) is 22.6 Å². The molecule has 0 unspecified atom stereocenters. The zero-order valence-electron chi connectivity index (χ0n) is 17.9. The molecule has 1 saturated heterocycles. The van der Waals surface area contributed by atoms with Crippen LogP contribution in [-0.4, -0.2) is 26.9 Å². The molecule has 0 saturated carbocycles. The summed E-state index contributed by atoms with van der Waals surface area (Å²) >= 11 is 6.09. The van der Waals surface area contributed by atoms with Gasteiger partial charge in [0.2, 0.25) is 0 Å². The molecule has 1 aliphatic rings. The summed E-state index contributed by atoms with van der Waals surface area (Å²) in [4.78, 5) is 35.5. The molecular formula is C25H18ClF2N3O3. The molecule has 1 aliphatic heterocycles. The van der Waals surface area contributed by atoms with Gasteiger partial charge in [0.05, 0.1) is 17.1 Å². The summed E-state index contributed by atoms with van der Waals surface area (Å²) in [5.74, 6) is -2.62. The first-order valence-corrected chi connectivity index (χ1v) is 10.9. The Morgan fingerprint density at radius 2 is 1.82 bits per heavy atom. The van der Waals surface area contributed by atoms with Crippen molar-refractivity contribution in [3.05, 3.63) is 100 Å². The largest absolute Gasteiger partial charge is 0.424 e. The van der Waals surface area contributed by atoms with Gasteiger partial charge in [-0.1, -0.05) is 48.0 Å². The molecule has 34 heavy (non-hydrogen) atoms. The number of nitrogens with one attached hydrogen (secondary N) is 1. The Morgan fingerprint density at radius 3 is 2.56 bits per heavy atom. The third-order valence-corrected chi connectivity index (χ3v) is 6.19. The summed E-state index contributed by atoms with van der Waals surface area (Å²) in [6.45, 7) is 1.54. The number of aromatic amines is 1. The molecular weight excluding hydrogens is 464 g/mol. The first-order valence-electron chi connectivity index (χ1n) is 10.5. The Hall–Kier alpha value is -3.78. The molecule has 0 radical (unpaired) electrons. The number of rotatable bonds is 5. The van der Waals surface area contributed by atoms with Crippen LogP contribution in [0.25, 0.3) is 11.0 Å². The Balaban J connectivity index is 1.61. The lowest BCUT2D eigenvalue weighted by atomic mass is 9.92. The number of nitrogens with zero attached hydrogens (tertiary/aromatic N) is 2. The number of hydrogen-bond acceptors (Lipinski definition) is 4. The third-order valence-electron chi connectivity index (χ3n) is 5.96. The van der Waals surface area contributed by atoms with Crippen LogP contribution in [0.15, 0.2) is 66.7 Å². The summed E-state index contributed by atoms with van der Waals surface area (Å²) < 4.78 is 33.1. The molecule has 0 spiro atoms. The van der Waals surface area contributed by atoms with Crippen LogP contribution in [0.1, 0.15) is 29.9 Å². The fraction of sp³-hybridized carbons (Fsp3) is 0.160. The molecule has 2 atom stereocenters. The molecule has 172 valence electrons. The van der Waals surface area contributed by atoms with Crippen LogP contribution in [0.2, 0.25) is 5.02 Å². The zero-order chi connectivity index (χ0) is 24.0. The molecule has 1 aromatic heterocycles. The number of imidazole rings is 1. The lowest BCUT2D eigenvalue weighted by molar-refractivity contribution is -0.139. The van der Waals surface area contributed by atoms with Crippen molar-refractivity contribution in [2.24, 2.45) is 0 Å². The van der Waals surface area contributed by atoms with E-state index in [0.29, 0.717) is 16.1 Å². The summed E-state index contributed by atoms with van der Waals surface area (Å²) in [6.07, 6.45) is -0.885. The van der Waals surface area contributed by atoms with Gasteiger partial charge in [-0.2, -0.15) is 0 Å². The summed E-state index contributed by atoms with van der Waals surface area (Å²) in [6, 6.07) is 16.4. The van der Waals surface area contributed by atoms with Gasteiger partial charge in [-0.25, -0.2) is 23.5 Å². The maximum Gasteiger partial charge on any atom is 0.418 e. The van der Waals surface area contributed by atoms with Crippen LogP contribution in [0.5, 0.6) is 0 Å². The lowest BCUT2D eigenvalue weighted by Gasteiger charge is -2.25. The van der Waals surface area contributed by atoms with Gasteiger partial charge in [0.1, 0.15) is 0 Å². The fourth-order valence-electron chi connectivity index (χ4n) is 4.18. The Morgan fingerprint density at radius 1 is 1.06 bits per heavy atom. The van der Waals surface area contributed by atoms with Crippen molar-refractivity contribution in [3.8, 4) is 0 Å². The number of carbonyl (C=O) groups excluding carboxylic acids is 2. The Kier molecular flexibility index (Phi) is 5.32. The minimum Gasteiger partial charge on any atom is -0.424 e. The number of carbonyl (C=O) groups is 2. The Labute approximate surface area is 198 Å². The number of aromatic nitrogens is 2. The van der Waals surface area contributed by atoms with Crippen molar-refractivity contribution in [2.75, 3.05) is 0 Å². The molecule has 2 amide bonds. The van der Waals surface area contributed by atoms with E-state index in [1.807, 2.05) is 30.3 Å². The first kappa shape index (κ1) is 22.0. The molecule has 4 aromatic rings. The maximum atomic E-state index is 13.9. The highest BCUT2D eigenvalue weighted by Crippen LogP contribution is 2.41. The van der Waals surface area contributed by atoms with Gasteiger partial charge in [-0.15, -0.1) is 0 Å². The number of hydrogen-bond donors (Lipinski definition) is 1. The molecule has 0 aliphatic carbocycles. The zero-order valence-corrected chi connectivity index (χ0v) is 18.6. The van der Waals surface area contributed by atoms with E-state index in [9.17, 15) is 18.4 Å². The van der Waals surface area contributed by atoms with Crippen molar-refractivity contribution < 1.29 is 23.1 Å². The number of cyclic esters (lactones) is 1. The van der Waals surface area contributed by atoms with Crippen LogP contribution in [0, 0.1) is 11.6 Å². The van der Waals surface area contributed by atoms with E-state index in [4.69, 9.17) is 16.3 Å². The van der Waals surface area contributed by atoms with E-state index in [-0.39, 0.29) is 17.8 Å². The van der Waals surface area contributed by atoms with Crippen LogP contribution >= 0.6 is 11.6 Å². The molecule has 0 bridgehead atoms. The number of H-pyrrole nitrogens is 1. The SMILES string of the molecule is C[C@H](c1ccc(F)c(F)c1)N1C(=O)O[C@](Cc2ccccc2)(c2nc3ccc(Cl)cc3[nH]2)C1=O. The van der Waals surface area contributed by atoms with Crippen molar-refractivity contribution in [1.82, 2.24) is 14.9 Å². The number of halogens is 3. The fourth-order valence-corrected chi connectivity index (χ4v) is 4.35. The molecule has 1 N–H and O–H groups in total. The minimum absolute atomic E-state index is 0.0208. The summed E-state index contributed by atoms with van der Waals surface area (Å²) in [5.41, 5.74) is 0.325. The summed E-state index contributed by atoms with van der Waals surface area (Å²) in [7, 11) is 0. The Bertz CT molecular complexity index is 1430. The number of fused-ring (bicyclic) bond motifs is 1. The summed E-state index contributed by atoms with van der Waals surface area (Å²) in [5, 5.41) is 0.475. The highest BCUT2D eigenvalue weighted by atomic mass is 35.5. The number of imide groups is 1. The third kappa shape index (κ3) is 3.60. The highest BCUT2D eigenvalue weighted by Gasteiger charge is 2.58. The van der Waals surface area contributed by atoms with Crippen LogP contribution in [-0.2, 0) is 21.6 Å². The van der Waals surface area contributed by atoms with Crippen molar-refractivity contribution in [3.63, 3.8) is 0 Å². The van der Waals surface area contributed by atoms with Gasteiger partial charge in [0.15, 0.2) is 17.5 Å². The lowest BCUT2D eigenvalue weighted by Crippen LogP contribution is -2.42. The normalized spacial score (nSPS) is 19.0. The molecule has 3 aromatic carbocycles. The van der Waals surface area contributed by atoms with E-state index in [1.54, 1.807) is 25.1 Å². The van der Waals surface area contributed by atoms with Gasteiger partial charge < -0.3 is 9.72 Å². The molecule has 1 fully saturated rings. The van der Waals surface area contributed by atoms with Crippen LogP contribution < -0.4 is 0 Å². The first-order chi connectivity index (χ1) is 16.3. The van der Waals surface area contributed by atoms with Crippen molar-refractivity contribution in [1.29, 1.82) is 0 Å². The average molecular weight is 482 g/mol. The topological polar surface area (TPSA) is 75.3 Å². The second kappa shape index (κ2) is 8.22. The smallest absolute Gasteiger partial charge is 0.418 e. The van der Waals surface area contributed by atoms with Gasteiger partial charge in [0.25, 0.3) is 11.5 Å². The van der Waals surface area contributed by atoms with Crippen LogP contribution in [0.4, 0.5) is 13.6 Å². The number of ether oxygens (including phenoxy) is 1. The van der Waals surface area contributed by atoms with Gasteiger partial charge in [-0.3, -0.25) is 4.79 Å². The second-order valence-corrected chi connectivity index (χ2v) is 8.57. The van der Waals surface area contributed by atoms with Crippen LogP contribution in [0.3, 0.4) is 0 Å². The van der Waals surface area contributed by atoms with Gasteiger partial charge >= 0.3 is 6.09 Å².